The number of thiocarbonyl (C=S) groups is 1. The molecule has 9 heteroatoms. The largest absolute Gasteiger partial charge is 0.489 e. The van der Waals surface area contributed by atoms with Crippen molar-refractivity contribution in [1.29, 1.82) is 10.5 Å². The van der Waals surface area contributed by atoms with E-state index in [9.17, 15) is 20.6 Å². The number of nitrogens with zero attached hydrogens (tertiary/aromatic N) is 3. The monoisotopic (exact) mass is 591 g/mol. The number of nitro groups is 1. The fourth-order valence-electron chi connectivity index (χ4n) is 4.66. The predicted octanol–water partition coefficient (Wildman–Crippen LogP) is 8.16. The smallest absolute Gasteiger partial charge is 0.358 e. The molecule has 0 N–H and O–H groups in total. The Labute approximate surface area is 255 Å². The molecule has 43 heavy (non-hydrogen) atoms. The molecule has 0 fully saturated rings. The number of ether oxygens (including phenoxy) is 3. The van der Waals surface area contributed by atoms with Crippen LogP contribution in [0, 0.1) is 38.2 Å². The van der Waals surface area contributed by atoms with Crippen molar-refractivity contribution in [2.24, 2.45) is 5.41 Å². The molecular formula is C34H29N3O5S. The molecule has 1 aliphatic rings. The maximum absolute atomic E-state index is 11.2. The Morgan fingerprint density at radius 3 is 2.30 bits per heavy atom. The van der Waals surface area contributed by atoms with Gasteiger partial charge < -0.3 is 14.2 Å². The second-order valence-electron chi connectivity index (χ2n) is 10.7. The lowest BCUT2D eigenvalue weighted by molar-refractivity contribution is -0.385. The Balaban J connectivity index is 1.27. The quantitative estimate of drug-likeness (QED) is 0.106. The van der Waals surface area contributed by atoms with Crippen LogP contribution in [-0.4, -0.2) is 10.2 Å². The van der Waals surface area contributed by atoms with Crippen LogP contribution in [0.2, 0.25) is 0 Å². The van der Waals surface area contributed by atoms with E-state index in [4.69, 9.17) is 26.4 Å². The molecule has 0 amide bonds. The van der Waals surface area contributed by atoms with Gasteiger partial charge in [-0.2, -0.15) is 10.5 Å². The van der Waals surface area contributed by atoms with E-state index in [1.165, 1.54) is 6.07 Å². The van der Waals surface area contributed by atoms with Crippen LogP contribution in [0.15, 0.2) is 102 Å². The fraction of sp³-hybridized carbons (Fsp3) is 0.206. The number of nitriles is 2. The molecule has 0 heterocycles. The maximum atomic E-state index is 11.2. The van der Waals surface area contributed by atoms with Gasteiger partial charge >= 0.3 is 5.24 Å². The highest BCUT2D eigenvalue weighted by molar-refractivity contribution is 7.79. The summed E-state index contributed by atoms with van der Waals surface area (Å²) in [4.78, 5) is 10.7. The second kappa shape index (κ2) is 14.1. The Bertz CT molecular complexity index is 1660. The van der Waals surface area contributed by atoms with E-state index in [-0.39, 0.29) is 35.1 Å². The Hall–Kier alpha value is -5.25. The fourth-order valence-corrected chi connectivity index (χ4v) is 4.82. The molecule has 0 spiro atoms. The zero-order valence-electron chi connectivity index (χ0n) is 23.8. The second-order valence-corrected chi connectivity index (χ2v) is 11.1. The number of para-hydroxylation sites is 1. The minimum atomic E-state index is -0.425. The molecule has 0 unspecified atom stereocenters. The van der Waals surface area contributed by atoms with Gasteiger partial charge in [-0.3, -0.25) is 10.1 Å². The molecule has 216 valence electrons. The third-order valence-electron chi connectivity index (χ3n) is 6.69. The van der Waals surface area contributed by atoms with Gasteiger partial charge in [-0.25, -0.2) is 0 Å². The predicted molar refractivity (Wildman–Crippen MR) is 167 cm³/mol. The zero-order chi connectivity index (χ0) is 30.8. The molecule has 0 aliphatic heterocycles. The molecule has 3 aromatic carbocycles. The van der Waals surface area contributed by atoms with Crippen LogP contribution in [0.3, 0.4) is 0 Å². The molecule has 0 radical (unpaired) electrons. The minimum Gasteiger partial charge on any atom is -0.489 e. The summed E-state index contributed by atoms with van der Waals surface area (Å²) in [5, 5.41) is 29.7. The van der Waals surface area contributed by atoms with Gasteiger partial charge in [0, 0.05) is 18.3 Å². The first kappa shape index (κ1) is 30.7. The first-order valence-corrected chi connectivity index (χ1v) is 13.9. The van der Waals surface area contributed by atoms with Gasteiger partial charge in [0.15, 0.2) is 0 Å². The van der Waals surface area contributed by atoms with Gasteiger partial charge in [0.2, 0.25) is 0 Å². The highest BCUT2D eigenvalue weighted by Gasteiger charge is 2.26. The molecule has 0 atom stereocenters. The number of rotatable bonds is 9. The van der Waals surface area contributed by atoms with Gasteiger partial charge in [0.25, 0.3) is 5.69 Å². The summed E-state index contributed by atoms with van der Waals surface area (Å²) in [5.41, 5.74) is 4.28. The molecule has 0 bridgehead atoms. The molecule has 0 saturated heterocycles. The van der Waals surface area contributed by atoms with Crippen LogP contribution in [0.1, 0.15) is 43.4 Å². The number of allylic oxidation sites excluding steroid dienone is 5. The number of hydrogen-bond donors (Lipinski definition) is 0. The molecule has 3 aromatic rings. The highest BCUT2D eigenvalue weighted by atomic mass is 32.1. The zero-order valence-corrected chi connectivity index (χ0v) is 24.6. The summed E-state index contributed by atoms with van der Waals surface area (Å²) in [7, 11) is 0. The van der Waals surface area contributed by atoms with Crippen molar-refractivity contribution in [3.05, 3.63) is 128 Å². The average Bonchev–Trinajstić information content (AvgIpc) is 2.99. The summed E-state index contributed by atoms with van der Waals surface area (Å²) >= 11 is 5.24. The third kappa shape index (κ3) is 8.87. The number of nitro benzene ring substituents is 1. The number of benzene rings is 3. The lowest BCUT2D eigenvalue weighted by atomic mass is 9.74. The summed E-state index contributed by atoms with van der Waals surface area (Å²) in [5.74, 6) is 1.11. The van der Waals surface area contributed by atoms with Gasteiger partial charge in [-0.15, -0.1) is 0 Å². The van der Waals surface area contributed by atoms with E-state index in [1.54, 1.807) is 42.5 Å². The Kier molecular flexibility index (Phi) is 10.1. The van der Waals surface area contributed by atoms with E-state index < -0.39 is 4.92 Å². The Morgan fingerprint density at radius 2 is 1.63 bits per heavy atom. The van der Waals surface area contributed by atoms with Crippen molar-refractivity contribution in [3.8, 4) is 23.6 Å². The lowest BCUT2D eigenvalue weighted by Gasteiger charge is -2.30. The van der Waals surface area contributed by atoms with Crippen molar-refractivity contribution < 1.29 is 19.1 Å². The van der Waals surface area contributed by atoms with Crippen LogP contribution >= 0.6 is 12.2 Å². The van der Waals surface area contributed by atoms with Gasteiger partial charge in [-0.05, 0) is 70.9 Å². The van der Waals surface area contributed by atoms with Crippen molar-refractivity contribution in [2.75, 3.05) is 0 Å². The van der Waals surface area contributed by atoms with Gasteiger partial charge in [0.05, 0.1) is 10.5 Å². The molecule has 8 nitrogen and oxygen atoms in total. The first-order chi connectivity index (χ1) is 20.7. The van der Waals surface area contributed by atoms with Crippen LogP contribution in [0.25, 0.3) is 6.08 Å². The number of hydrogen-bond acceptors (Lipinski definition) is 8. The summed E-state index contributed by atoms with van der Waals surface area (Å²) in [6.45, 7) is 4.54. The van der Waals surface area contributed by atoms with E-state index in [0.717, 1.165) is 28.7 Å². The van der Waals surface area contributed by atoms with Crippen molar-refractivity contribution in [3.63, 3.8) is 0 Å². The van der Waals surface area contributed by atoms with Gasteiger partial charge in [-0.1, -0.05) is 68.5 Å². The third-order valence-corrected chi connectivity index (χ3v) is 6.89. The van der Waals surface area contributed by atoms with Crippen molar-refractivity contribution in [2.45, 2.75) is 39.9 Å². The minimum absolute atomic E-state index is 0.0142. The summed E-state index contributed by atoms with van der Waals surface area (Å²) < 4.78 is 16.9. The summed E-state index contributed by atoms with van der Waals surface area (Å²) in [6, 6.07) is 25.0. The maximum Gasteiger partial charge on any atom is 0.358 e. The first-order valence-electron chi connectivity index (χ1n) is 13.5. The Morgan fingerprint density at radius 1 is 0.953 bits per heavy atom. The van der Waals surface area contributed by atoms with Crippen LogP contribution < -0.4 is 9.47 Å². The van der Waals surface area contributed by atoms with Crippen LogP contribution in [0.5, 0.6) is 11.5 Å². The van der Waals surface area contributed by atoms with Crippen LogP contribution in [0.4, 0.5) is 5.69 Å². The SMILES string of the molecule is CC1(C)CC(/C=C/c2ccc(OC(=S)OCc3ccc(OCc4ccccc4[N+](=O)[O-])cc3)cc2)=CC(=C(C#N)C#N)C1. The van der Waals surface area contributed by atoms with Crippen LogP contribution in [-0.2, 0) is 18.0 Å². The highest BCUT2D eigenvalue weighted by Crippen LogP contribution is 2.39. The van der Waals surface area contributed by atoms with Gasteiger partial charge in [0.1, 0.15) is 42.4 Å². The molecular weight excluding hydrogens is 562 g/mol. The lowest BCUT2D eigenvalue weighted by Crippen LogP contribution is -2.17. The average molecular weight is 592 g/mol. The molecule has 1 aliphatic carbocycles. The van der Waals surface area contributed by atoms with Crippen molar-refractivity contribution >= 4 is 29.2 Å². The molecule has 0 aromatic heterocycles. The normalized spacial score (nSPS) is 13.8. The van der Waals surface area contributed by atoms with E-state index >= 15 is 0 Å². The van der Waals surface area contributed by atoms with E-state index in [2.05, 4.69) is 13.8 Å². The summed E-state index contributed by atoms with van der Waals surface area (Å²) in [6.07, 6.45) is 7.47. The van der Waals surface area contributed by atoms with E-state index in [1.807, 2.05) is 54.6 Å². The molecule has 4 rings (SSSR count). The topological polar surface area (TPSA) is 118 Å². The van der Waals surface area contributed by atoms with Crippen molar-refractivity contribution in [1.82, 2.24) is 0 Å². The molecule has 0 saturated carbocycles. The standard InChI is InChI=1S/C34H29N3O5S/c1-34(2)18-26(17-28(19-34)29(20-35)21-36)8-7-24-9-15-31(16-10-24)42-33(43)41-22-25-11-13-30(14-12-25)40-23-27-5-3-4-6-32(27)37(38)39/h3-17H,18-19,22-23H2,1-2H3/b8-7+. The van der Waals surface area contributed by atoms with E-state index in [0.29, 0.717) is 23.5 Å².